The lowest BCUT2D eigenvalue weighted by Crippen LogP contribution is -2.32. The van der Waals surface area contributed by atoms with Crippen LogP contribution in [0.2, 0.25) is 5.02 Å². The van der Waals surface area contributed by atoms with Crippen molar-refractivity contribution in [3.05, 3.63) is 111 Å². The van der Waals surface area contributed by atoms with Gasteiger partial charge in [-0.1, -0.05) is 72.3 Å². The third-order valence-corrected chi connectivity index (χ3v) is 6.44. The van der Waals surface area contributed by atoms with Crippen molar-refractivity contribution in [3.8, 4) is 0 Å². The summed E-state index contributed by atoms with van der Waals surface area (Å²) in [6.07, 6.45) is 1.77. The molecular formula is C28H29ClN2O5. The summed E-state index contributed by atoms with van der Waals surface area (Å²) in [5, 5.41) is 11.2. The zero-order valence-corrected chi connectivity index (χ0v) is 20.7. The van der Waals surface area contributed by atoms with Crippen molar-refractivity contribution in [2.45, 2.75) is 44.6 Å². The van der Waals surface area contributed by atoms with E-state index in [1.807, 2.05) is 36.4 Å². The second kappa shape index (κ2) is 12.6. The van der Waals surface area contributed by atoms with Gasteiger partial charge in [0.05, 0.1) is 23.2 Å². The minimum atomic E-state index is -0.629. The monoisotopic (exact) mass is 508 g/mol. The third kappa shape index (κ3) is 7.37. The van der Waals surface area contributed by atoms with Crippen LogP contribution in [0.1, 0.15) is 40.7 Å². The summed E-state index contributed by atoms with van der Waals surface area (Å²) in [5.41, 5.74) is 2.29. The van der Waals surface area contributed by atoms with Crippen LogP contribution in [-0.4, -0.2) is 41.2 Å². The van der Waals surface area contributed by atoms with Crippen LogP contribution in [0.25, 0.3) is 0 Å². The largest absolute Gasteiger partial charge is 0.456 e. The Morgan fingerprint density at radius 1 is 0.944 bits per heavy atom. The summed E-state index contributed by atoms with van der Waals surface area (Å²) >= 11 is 5.96. The van der Waals surface area contributed by atoms with E-state index in [0.717, 1.165) is 32.5 Å². The first-order chi connectivity index (χ1) is 17.5. The predicted molar refractivity (Wildman–Crippen MR) is 138 cm³/mol. The Morgan fingerprint density at radius 2 is 1.56 bits per heavy atom. The number of benzene rings is 3. The average molecular weight is 509 g/mol. The standard InChI is InChI=1S/C28H29ClN2O5/c29-24-16-23(17-25(18-24)31(33)34)28(32)36-27-13-7-12-26(27)35-15-14-30(19-21-8-3-1-4-9-21)20-22-10-5-2-6-11-22/h1-6,8-11,16-18,26-27H,7,12-15,19-20H2/t26-,27+/m1/s1. The van der Waals surface area contributed by atoms with Gasteiger partial charge in [-0.3, -0.25) is 15.0 Å². The number of non-ortho nitro benzene ring substituents is 1. The van der Waals surface area contributed by atoms with E-state index in [1.54, 1.807) is 0 Å². The molecule has 1 saturated carbocycles. The molecule has 0 amide bonds. The molecule has 4 rings (SSSR count). The molecule has 0 saturated heterocycles. The van der Waals surface area contributed by atoms with Gasteiger partial charge in [0.1, 0.15) is 6.10 Å². The van der Waals surface area contributed by atoms with Gasteiger partial charge >= 0.3 is 5.97 Å². The molecule has 0 aliphatic heterocycles. The van der Waals surface area contributed by atoms with Crippen LogP contribution in [0.3, 0.4) is 0 Å². The molecule has 188 valence electrons. The van der Waals surface area contributed by atoms with Crippen molar-refractivity contribution in [3.63, 3.8) is 0 Å². The molecule has 0 spiro atoms. The lowest BCUT2D eigenvalue weighted by molar-refractivity contribution is -0.384. The highest BCUT2D eigenvalue weighted by atomic mass is 35.5. The third-order valence-electron chi connectivity index (χ3n) is 6.22. The van der Waals surface area contributed by atoms with Crippen molar-refractivity contribution in [1.82, 2.24) is 4.90 Å². The quantitative estimate of drug-likeness (QED) is 0.178. The highest BCUT2D eigenvalue weighted by Crippen LogP contribution is 2.27. The van der Waals surface area contributed by atoms with Crippen molar-refractivity contribution in [1.29, 1.82) is 0 Å². The second-order valence-electron chi connectivity index (χ2n) is 8.92. The topological polar surface area (TPSA) is 81.9 Å². The van der Waals surface area contributed by atoms with E-state index in [-0.39, 0.29) is 22.4 Å². The summed E-state index contributed by atoms with van der Waals surface area (Å²) < 4.78 is 11.9. The van der Waals surface area contributed by atoms with E-state index >= 15 is 0 Å². The van der Waals surface area contributed by atoms with Gasteiger partial charge in [0.2, 0.25) is 0 Å². The molecular weight excluding hydrogens is 480 g/mol. The zero-order chi connectivity index (χ0) is 25.3. The number of carbonyl (C=O) groups is 1. The number of nitro benzene ring substituents is 1. The lowest BCUT2D eigenvalue weighted by Gasteiger charge is -2.25. The fraction of sp³-hybridized carbons (Fsp3) is 0.321. The van der Waals surface area contributed by atoms with Crippen LogP contribution in [0.4, 0.5) is 5.69 Å². The van der Waals surface area contributed by atoms with Crippen molar-refractivity contribution in [2.75, 3.05) is 13.2 Å². The number of halogens is 1. The van der Waals surface area contributed by atoms with Crippen LogP contribution in [-0.2, 0) is 22.6 Å². The van der Waals surface area contributed by atoms with Crippen LogP contribution >= 0.6 is 11.6 Å². The maximum absolute atomic E-state index is 12.7. The van der Waals surface area contributed by atoms with Gasteiger partial charge in [-0.25, -0.2) is 4.79 Å². The Hall–Kier alpha value is -3.26. The number of nitro groups is 1. The SMILES string of the molecule is O=C(O[C@H]1CCC[C@H]1OCCN(Cc1ccccc1)Cc1ccccc1)c1cc(Cl)cc([N+](=O)[O-])c1. The predicted octanol–water partition coefficient (Wildman–Crippen LogP) is 6.05. The minimum absolute atomic E-state index is 0.0664. The Bertz CT molecular complexity index is 1120. The first-order valence-corrected chi connectivity index (χ1v) is 12.4. The number of carbonyl (C=O) groups excluding carboxylic acids is 1. The van der Waals surface area contributed by atoms with E-state index in [0.29, 0.717) is 13.0 Å². The van der Waals surface area contributed by atoms with Crippen molar-refractivity contribution < 1.29 is 19.2 Å². The van der Waals surface area contributed by atoms with Gasteiger partial charge in [0, 0.05) is 36.8 Å². The zero-order valence-electron chi connectivity index (χ0n) is 19.9. The van der Waals surface area contributed by atoms with E-state index in [1.165, 1.54) is 29.3 Å². The number of hydrogen-bond acceptors (Lipinski definition) is 6. The molecule has 0 N–H and O–H groups in total. The molecule has 36 heavy (non-hydrogen) atoms. The molecule has 3 aromatic rings. The molecule has 0 radical (unpaired) electrons. The van der Waals surface area contributed by atoms with Crippen LogP contribution in [0, 0.1) is 10.1 Å². The fourth-order valence-electron chi connectivity index (χ4n) is 4.45. The second-order valence-corrected chi connectivity index (χ2v) is 9.36. The van der Waals surface area contributed by atoms with Gasteiger partial charge in [-0.2, -0.15) is 0 Å². The fourth-order valence-corrected chi connectivity index (χ4v) is 4.68. The molecule has 8 heteroatoms. The normalized spacial score (nSPS) is 17.3. The summed E-state index contributed by atoms with van der Waals surface area (Å²) in [7, 11) is 0. The Labute approximate surface area is 215 Å². The molecule has 0 aromatic heterocycles. The average Bonchev–Trinajstić information content (AvgIpc) is 3.31. The Kier molecular flexibility index (Phi) is 9.06. The molecule has 1 fully saturated rings. The number of hydrogen-bond donors (Lipinski definition) is 0. The number of esters is 1. The molecule has 1 aliphatic carbocycles. The van der Waals surface area contributed by atoms with Crippen LogP contribution in [0.15, 0.2) is 78.9 Å². The van der Waals surface area contributed by atoms with Crippen LogP contribution < -0.4 is 0 Å². The molecule has 0 unspecified atom stereocenters. The van der Waals surface area contributed by atoms with Crippen LogP contribution in [0.5, 0.6) is 0 Å². The van der Waals surface area contributed by atoms with E-state index < -0.39 is 17.0 Å². The van der Waals surface area contributed by atoms with E-state index in [9.17, 15) is 14.9 Å². The number of nitrogens with zero attached hydrogens (tertiary/aromatic N) is 2. The maximum atomic E-state index is 12.7. The summed E-state index contributed by atoms with van der Waals surface area (Å²) in [6.45, 7) is 2.83. The molecule has 1 aliphatic rings. The van der Waals surface area contributed by atoms with Gasteiger partial charge in [-0.15, -0.1) is 0 Å². The number of rotatable bonds is 11. The summed E-state index contributed by atoms with van der Waals surface area (Å²) in [4.78, 5) is 25.6. The van der Waals surface area contributed by atoms with E-state index in [2.05, 4.69) is 29.2 Å². The van der Waals surface area contributed by atoms with Gasteiger partial charge in [0.25, 0.3) is 5.69 Å². The highest BCUT2D eigenvalue weighted by molar-refractivity contribution is 6.31. The summed E-state index contributed by atoms with van der Waals surface area (Å²) in [6, 6.07) is 24.4. The summed E-state index contributed by atoms with van der Waals surface area (Å²) in [5.74, 6) is -0.629. The van der Waals surface area contributed by atoms with E-state index in [4.69, 9.17) is 21.1 Å². The van der Waals surface area contributed by atoms with Gasteiger partial charge in [-0.05, 0) is 36.5 Å². The highest BCUT2D eigenvalue weighted by Gasteiger charge is 2.32. The van der Waals surface area contributed by atoms with Gasteiger partial charge in [0.15, 0.2) is 0 Å². The molecule has 3 aromatic carbocycles. The molecule has 0 heterocycles. The first-order valence-electron chi connectivity index (χ1n) is 12.1. The minimum Gasteiger partial charge on any atom is -0.456 e. The van der Waals surface area contributed by atoms with Crippen molar-refractivity contribution >= 4 is 23.3 Å². The maximum Gasteiger partial charge on any atom is 0.338 e. The first kappa shape index (κ1) is 25.8. The molecule has 7 nitrogen and oxygen atoms in total. The molecule has 2 atom stereocenters. The Morgan fingerprint density at radius 3 is 2.17 bits per heavy atom. The lowest BCUT2D eigenvalue weighted by atomic mass is 10.1. The smallest absolute Gasteiger partial charge is 0.338 e. The number of ether oxygens (including phenoxy) is 2. The van der Waals surface area contributed by atoms with Gasteiger partial charge < -0.3 is 9.47 Å². The van der Waals surface area contributed by atoms with Crippen molar-refractivity contribution in [2.24, 2.45) is 0 Å². The molecule has 0 bridgehead atoms. The Balaban J connectivity index is 1.34.